The van der Waals surface area contributed by atoms with Crippen molar-refractivity contribution in [2.24, 2.45) is 5.73 Å². The molecule has 1 aliphatic heterocycles. The molecule has 1 aromatic rings. The van der Waals surface area contributed by atoms with Gasteiger partial charge in [-0.25, -0.2) is 0 Å². The molecule has 4 N–H and O–H groups in total. The third kappa shape index (κ3) is 3.10. The number of piperazine rings is 1. The van der Waals surface area contributed by atoms with Crippen molar-refractivity contribution < 1.29 is 4.79 Å². The Kier molecular flexibility index (Phi) is 3.49. The Hall–Kier alpha value is -1.75. The highest BCUT2D eigenvalue weighted by Gasteiger charge is 2.17. The quantitative estimate of drug-likeness (QED) is 0.715. The predicted octanol–water partition coefficient (Wildman–Crippen LogP) is -0.124. The fourth-order valence-corrected chi connectivity index (χ4v) is 2.07. The van der Waals surface area contributed by atoms with Crippen LogP contribution in [-0.4, -0.2) is 43.5 Å². The van der Waals surface area contributed by atoms with Gasteiger partial charge < -0.3 is 16.4 Å². The molecule has 1 amide bonds. The number of anilines is 2. The molecule has 0 bridgehead atoms. The number of nitrogens with two attached hydrogens (primary N) is 2. The van der Waals surface area contributed by atoms with Crippen molar-refractivity contribution in [1.82, 2.24) is 4.90 Å². The van der Waals surface area contributed by atoms with Crippen LogP contribution in [0.15, 0.2) is 24.3 Å². The van der Waals surface area contributed by atoms with Crippen molar-refractivity contribution in [3.8, 4) is 0 Å². The molecule has 17 heavy (non-hydrogen) atoms. The van der Waals surface area contributed by atoms with Crippen molar-refractivity contribution >= 4 is 17.3 Å². The highest BCUT2D eigenvalue weighted by Crippen LogP contribution is 2.17. The summed E-state index contributed by atoms with van der Waals surface area (Å²) in [5.41, 5.74) is 12.8. The van der Waals surface area contributed by atoms with E-state index in [0.717, 1.165) is 31.9 Å². The summed E-state index contributed by atoms with van der Waals surface area (Å²) in [6.45, 7) is 3.92. The van der Waals surface area contributed by atoms with Crippen LogP contribution in [0.25, 0.3) is 0 Å². The number of benzene rings is 1. The molecule has 0 aromatic heterocycles. The predicted molar refractivity (Wildman–Crippen MR) is 68.7 cm³/mol. The van der Waals surface area contributed by atoms with Gasteiger partial charge in [-0.05, 0) is 24.3 Å². The zero-order chi connectivity index (χ0) is 12.3. The Bertz CT molecular complexity index is 382. The lowest BCUT2D eigenvalue weighted by Gasteiger charge is -2.35. The van der Waals surface area contributed by atoms with Crippen molar-refractivity contribution in [2.75, 3.05) is 43.4 Å². The van der Waals surface area contributed by atoms with E-state index in [2.05, 4.69) is 9.80 Å². The molecule has 1 aromatic carbocycles. The molecule has 1 aliphatic rings. The molecule has 0 spiro atoms. The molecule has 0 atom stereocenters. The number of hydrogen-bond acceptors (Lipinski definition) is 4. The summed E-state index contributed by atoms with van der Waals surface area (Å²) in [5, 5.41) is 0. The van der Waals surface area contributed by atoms with Crippen molar-refractivity contribution in [1.29, 1.82) is 0 Å². The number of nitrogen functional groups attached to an aromatic ring is 1. The fraction of sp³-hybridized carbons (Fsp3) is 0.417. The van der Waals surface area contributed by atoms with Crippen LogP contribution in [0, 0.1) is 0 Å². The summed E-state index contributed by atoms with van der Waals surface area (Å²) in [5.74, 6) is -0.258. The Balaban J connectivity index is 1.90. The molecule has 1 heterocycles. The molecular weight excluding hydrogens is 216 g/mol. The average molecular weight is 234 g/mol. The molecule has 0 aliphatic carbocycles. The molecule has 92 valence electrons. The first kappa shape index (κ1) is 11.7. The number of rotatable bonds is 3. The smallest absolute Gasteiger partial charge is 0.231 e. The second-order valence-electron chi connectivity index (χ2n) is 4.32. The van der Waals surface area contributed by atoms with E-state index in [1.165, 1.54) is 5.69 Å². The minimum atomic E-state index is -0.258. The van der Waals surface area contributed by atoms with Gasteiger partial charge in [0.25, 0.3) is 0 Å². The van der Waals surface area contributed by atoms with Crippen LogP contribution in [0.5, 0.6) is 0 Å². The second kappa shape index (κ2) is 5.05. The molecule has 5 nitrogen and oxygen atoms in total. The Morgan fingerprint density at radius 1 is 1.12 bits per heavy atom. The summed E-state index contributed by atoms with van der Waals surface area (Å²) in [6.07, 6.45) is 0. The number of carbonyl (C=O) groups is 1. The van der Waals surface area contributed by atoms with Crippen LogP contribution in [-0.2, 0) is 4.79 Å². The minimum Gasteiger partial charge on any atom is -0.399 e. The summed E-state index contributed by atoms with van der Waals surface area (Å²) in [7, 11) is 0. The Labute approximate surface area is 101 Å². The normalized spacial score (nSPS) is 17.1. The van der Waals surface area contributed by atoms with Crippen LogP contribution in [0.3, 0.4) is 0 Å². The maximum Gasteiger partial charge on any atom is 0.231 e. The van der Waals surface area contributed by atoms with Gasteiger partial charge in [0.05, 0.1) is 6.54 Å². The van der Waals surface area contributed by atoms with Gasteiger partial charge in [-0.2, -0.15) is 0 Å². The Morgan fingerprint density at radius 3 is 2.24 bits per heavy atom. The van der Waals surface area contributed by atoms with E-state index in [1.54, 1.807) is 0 Å². The summed E-state index contributed by atoms with van der Waals surface area (Å²) in [4.78, 5) is 15.2. The van der Waals surface area contributed by atoms with E-state index < -0.39 is 0 Å². The fourth-order valence-electron chi connectivity index (χ4n) is 2.07. The summed E-state index contributed by atoms with van der Waals surface area (Å²) >= 11 is 0. The van der Waals surface area contributed by atoms with Crippen molar-refractivity contribution in [2.45, 2.75) is 0 Å². The first-order valence-electron chi connectivity index (χ1n) is 5.76. The summed E-state index contributed by atoms with van der Waals surface area (Å²) in [6, 6.07) is 7.87. The third-order valence-corrected chi connectivity index (χ3v) is 3.01. The van der Waals surface area contributed by atoms with Gasteiger partial charge in [-0.15, -0.1) is 0 Å². The Morgan fingerprint density at radius 2 is 1.71 bits per heavy atom. The van der Waals surface area contributed by atoms with Gasteiger partial charge in [0.2, 0.25) is 5.91 Å². The molecule has 2 rings (SSSR count). The lowest BCUT2D eigenvalue weighted by atomic mass is 10.2. The van der Waals surface area contributed by atoms with Crippen LogP contribution >= 0.6 is 0 Å². The van der Waals surface area contributed by atoms with E-state index >= 15 is 0 Å². The lowest BCUT2D eigenvalue weighted by molar-refractivity contribution is -0.119. The standard InChI is InChI=1S/C12H18N4O/c13-10-1-3-11(4-2-10)16-7-5-15(6-8-16)9-12(14)17/h1-4H,5-9,13H2,(H2,14,17). The van der Waals surface area contributed by atoms with Gasteiger partial charge in [0.1, 0.15) is 0 Å². The van der Waals surface area contributed by atoms with E-state index in [9.17, 15) is 4.79 Å². The van der Waals surface area contributed by atoms with Gasteiger partial charge in [-0.1, -0.05) is 0 Å². The first-order chi connectivity index (χ1) is 8.15. The van der Waals surface area contributed by atoms with Gasteiger partial charge in [0, 0.05) is 37.6 Å². The molecular formula is C12H18N4O. The van der Waals surface area contributed by atoms with E-state index in [1.807, 2.05) is 24.3 Å². The molecule has 5 heteroatoms. The number of nitrogens with zero attached hydrogens (tertiary/aromatic N) is 2. The number of amides is 1. The van der Waals surface area contributed by atoms with Crippen LogP contribution in [0.2, 0.25) is 0 Å². The van der Waals surface area contributed by atoms with E-state index in [0.29, 0.717) is 6.54 Å². The van der Waals surface area contributed by atoms with Crippen LogP contribution < -0.4 is 16.4 Å². The number of hydrogen-bond donors (Lipinski definition) is 2. The maximum absolute atomic E-state index is 10.8. The second-order valence-corrected chi connectivity index (χ2v) is 4.32. The SMILES string of the molecule is NC(=O)CN1CCN(c2ccc(N)cc2)CC1. The molecule has 0 unspecified atom stereocenters. The number of carbonyl (C=O) groups excluding carboxylic acids is 1. The monoisotopic (exact) mass is 234 g/mol. The highest BCUT2D eigenvalue weighted by molar-refractivity contribution is 5.76. The van der Waals surface area contributed by atoms with Gasteiger partial charge >= 0.3 is 0 Å². The first-order valence-corrected chi connectivity index (χ1v) is 5.76. The zero-order valence-electron chi connectivity index (χ0n) is 9.80. The van der Waals surface area contributed by atoms with Gasteiger partial charge in [0.15, 0.2) is 0 Å². The van der Waals surface area contributed by atoms with Crippen LogP contribution in [0.1, 0.15) is 0 Å². The highest BCUT2D eigenvalue weighted by atomic mass is 16.1. The number of primary amides is 1. The van der Waals surface area contributed by atoms with E-state index in [-0.39, 0.29) is 5.91 Å². The minimum absolute atomic E-state index is 0.258. The largest absolute Gasteiger partial charge is 0.399 e. The van der Waals surface area contributed by atoms with Crippen molar-refractivity contribution in [3.63, 3.8) is 0 Å². The van der Waals surface area contributed by atoms with E-state index in [4.69, 9.17) is 11.5 Å². The average Bonchev–Trinajstić information content (AvgIpc) is 2.30. The van der Waals surface area contributed by atoms with Gasteiger partial charge in [-0.3, -0.25) is 9.69 Å². The topological polar surface area (TPSA) is 75.6 Å². The molecule has 0 radical (unpaired) electrons. The third-order valence-electron chi connectivity index (χ3n) is 3.01. The maximum atomic E-state index is 10.8. The molecule has 0 saturated carbocycles. The zero-order valence-corrected chi connectivity index (χ0v) is 9.80. The lowest BCUT2D eigenvalue weighted by Crippen LogP contribution is -2.48. The molecule has 1 fully saturated rings. The van der Waals surface area contributed by atoms with Crippen LogP contribution in [0.4, 0.5) is 11.4 Å². The molecule has 1 saturated heterocycles. The van der Waals surface area contributed by atoms with Crippen molar-refractivity contribution in [3.05, 3.63) is 24.3 Å². The summed E-state index contributed by atoms with van der Waals surface area (Å²) < 4.78 is 0.